The Morgan fingerprint density at radius 3 is 2.74 bits per heavy atom. The van der Waals surface area contributed by atoms with Crippen molar-refractivity contribution < 1.29 is 18.3 Å². The Morgan fingerprint density at radius 1 is 1.16 bits per heavy atom. The molecule has 1 spiro atoms. The average molecular weight is 269 g/mol. The number of ether oxygens (including phenoxy) is 2. The van der Waals surface area contributed by atoms with Crippen LogP contribution in [0.4, 0.5) is 8.78 Å². The summed E-state index contributed by atoms with van der Waals surface area (Å²) in [5.41, 5.74) is 0.227. The molecule has 0 unspecified atom stereocenters. The molecule has 0 aromatic heterocycles. The van der Waals surface area contributed by atoms with Gasteiger partial charge in [0.2, 0.25) is 0 Å². The van der Waals surface area contributed by atoms with Crippen LogP contribution in [0.25, 0.3) is 0 Å². The van der Waals surface area contributed by atoms with Crippen molar-refractivity contribution in [3.8, 4) is 0 Å². The first-order chi connectivity index (χ1) is 9.20. The van der Waals surface area contributed by atoms with E-state index in [0.717, 1.165) is 19.0 Å². The molecule has 0 aliphatic carbocycles. The highest BCUT2D eigenvalue weighted by Gasteiger charge is 2.43. The van der Waals surface area contributed by atoms with Gasteiger partial charge >= 0.3 is 0 Å². The Bertz CT molecular complexity index is 461. The van der Waals surface area contributed by atoms with Crippen molar-refractivity contribution in [2.45, 2.75) is 18.5 Å². The molecule has 0 amide bonds. The number of halogens is 2. The van der Waals surface area contributed by atoms with Crippen molar-refractivity contribution >= 4 is 0 Å². The third-order valence-electron chi connectivity index (χ3n) is 4.00. The van der Waals surface area contributed by atoms with Gasteiger partial charge in [0, 0.05) is 25.3 Å². The Balaban J connectivity index is 1.82. The van der Waals surface area contributed by atoms with Gasteiger partial charge < -0.3 is 9.47 Å². The van der Waals surface area contributed by atoms with Crippen LogP contribution in [0, 0.1) is 11.6 Å². The molecule has 0 saturated carbocycles. The van der Waals surface area contributed by atoms with Crippen LogP contribution in [-0.2, 0) is 16.0 Å². The normalized spacial score (nSPS) is 28.1. The van der Waals surface area contributed by atoms with Gasteiger partial charge in [0.25, 0.3) is 0 Å². The first-order valence-corrected chi connectivity index (χ1v) is 6.54. The van der Waals surface area contributed by atoms with Crippen LogP contribution < -0.4 is 0 Å². The van der Waals surface area contributed by atoms with E-state index in [0.29, 0.717) is 38.5 Å². The van der Waals surface area contributed by atoms with Crippen molar-refractivity contribution in [2.24, 2.45) is 0 Å². The lowest BCUT2D eigenvalue weighted by Gasteiger charge is -2.43. The van der Waals surface area contributed by atoms with Crippen LogP contribution in [0.2, 0.25) is 0 Å². The van der Waals surface area contributed by atoms with E-state index in [1.807, 2.05) is 0 Å². The van der Waals surface area contributed by atoms with E-state index in [-0.39, 0.29) is 11.4 Å². The topological polar surface area (TPSA) is 21.7 Å². The van der Waals surface area contributed by atoms with Crippen LogP contribution in [0.15, 0.2) is 18.2 Å². The number of hydrogen-bond donors (Lipinski definition) is 0. The van der Waals surface area contributed by atoms with E-state index in [1.54, 1.807) is 0 Å². The Labute approximate surface area is 111 Å². The summed E-state index contributed by atoms with van der Waals surface area (Å²) >= 11 is 0. The number of benzene rings is 1. The van der Waals surface area contributed by atoms with Gasteiger partial charge in [0.15, 0.2) is 0 Å². The molecule has 2 saturated heterocycles. The third kappa shape index (κ3) is 2.50. The van der Waals surface area contributed by atoms with Crippen LogP contribution in [-0.4, -0.2) is 43.4 Å². The summed E-state index contributed by atoms with van der Waals surface area (Å²) in [4.78, 5) is 2.17. The zero-order chi connectivity index (χ0) is 13.3. The highest BCUT2D eigenvalue weighted by atomic mass is 19.1. The Hall–Kier alpha value is -1.04. The molecule has 0 radical (unpaired) electrons. The second-order valence-corrected chi connectivity index (χ2v) is 5.24. The Morgan fingerprint density at radius 2 is 1.95 bits per heavy atom. The lowest BCUT2D eigenvalue weighted by molar-refractivity contribution is -0.0753. The molecule has 19 heavy (non-hydrogen) atoms. The maximum absolute atomic E-state index is 13.7. The number of rotatable bonds is 2. The summed E-state index contributed by atoms with van der Waals surface area (Å²) in [7, 11) is 0. The zero-order valence-electron chi connectivity index (χ0n) is 10.7. The number of hydrogen-bond acceptors (Lipinski definition) is 3. The molecule has 0 bridgehead atoms. The predicted molar refractivity (Wildman–Crippen MR) is 65.8 cm³/mol. The van der Waals surface area contributed by atoms with Gasteiger partial charge in [-0.15, -0.1) is 0 Å². The maximum atomic E-state index is 13.7. The fourth-order valence-corrected chi connectivity index (χ4v) is 2.84. The lowest BCUT2D eigenvalue weighted by Crippen LogP contribution is -2.57. The van der Waals surface area contributed by atoms with E-state index >= 15 is 0 Å². The molecule has 104 valence electrons. The average Bonchev–Trinajstić information content (AvgIpc) is 2.86. The van der Waals surface area contributed by atoms with Gasteiger partial charge in [-0.1, -0.05) is 0 Å². The standard InChI is InChI=1S/C14H17F2NO2/c15-12-1-2-13(16)11(7-12)8-17-4-6-19-10-14(17)3-5-18-9-14/h1-2,7H,3-6,8-10H2/t14-/m0/s1. The molecule has 3 rings (SSSR count). The summed E-state index contributed by atoms with van der Waals surface area (Å²) in [5.74, 6) is -0.761. The van der Waals surface area contributed by atoms with Crippen molar-refractivity contribution in [3.63, 3.8) is 0 Å². The van der Waals surface area contributed by atoms with Crippen LogP contribution in [0.5, 0.6) is 0 Å². The van der Waals surface area contributed by atoms with Crippen LogP contribution in [0.1, 0.15) is 12.0 Å². The van der Waals surface area contributed by atoms with Gasteiger partial charge in [-0.25, -0.2) is 8.78 Å². The fraction of sp³-hybridized carbons (Fsp3) is 0.571. The molecule has 1 aromatic carbocycles. The molecule has 2 heterocycles. The highest BCUT2D eigenvalue weighted by molar-refractivity contribution is 5.19. The quantitative estimate of drug-likeness (QED) is 0.819. The van der Waals surface area contributed by atoms with Crippen molar-refractivity contribution in [3.05, 3.63) is 35.4 Å². The number of nitrogens with zero attached hydrogens (tertiary/aromatic N) is 1. The molecule has 2 fully saturated rings. The Kier molecular flexibility index (Phi) is 3.52. The van der Waals surface area contributed by atoms with Gasteiger partial charge in [0.1, 0.15) is 11.6 Å². The van der Waals surface area contributed by atoms with Crippen LogP contribution in [0.3, 0.4) is 0 Å². The van der Waals surface area contributed by atoms with Gasteiger partial charge in [0.05, 0.1) is 25.4 Å². The molecule has 0 N–H and O–H groups in total. The van der Waals surface area contributed by atoms with Gasteiger partial charge in [-0.3, -0.25) is 4.90 Å². The molecular weight excluding hydrogens is 252 g/mol. The summed E-state index contributed by atoms with van der Waals surface area (Å²) < 4.78 is 38.0. The van der Waals surface area contributed by atoms with Crippen LogP contribution >= 0.6 is 0 Å². The van der Waals surface area contributed by atoms with Gasteiger partial charge in [-0.2, -0.15) is 0 Å². The summed E-state index contributed by atoms with van der Waals surface area (Å²) in [6, 6.07) is 3.60. The third-order valence-corrected chi connectivity index (χ3v) is 4.00. The SMILES string of the molecule is Fc1ccc(F)c(CN2CCOC[C@@]23CCOC3)c1. The smallest absolute Gasteiger partial charge is 0.127 e. The predicted octanol–water partition coefficient (Wildman–Crippen LogP) is 1.96. The minimum Gasteiger partial charge on any atom is -0.379 e. The number of morpholine rings is 1. The molecule has 1 aromatic rings. The van der Waals surface area contributed by atoms with Gasteiger partial charge in [-0.05, 0) is 24.6 Å². The molecule has 2 aliphatic heterocycles. The monoisotopic (exact) mass is 269 g/mol. The van der Waals surface area contributed by atoms with E-state index in [2.05, 4.69) is 4.90 Å². The lowest BCUT2D eigenvalue weighted by atomic mass is 9.95. The minimum atomic E-state index is -0.401. The maximum Gasteiger partial charge on any atom is 0.127 e. The molecule has 2 aliphatic rings. The van der Waals surface area contributed by atoms with Crippen molar-refractivity contribution in [1.29, 1.82) is 0 Å². The summed E-state index contributed by atoms with van der Waals surface area (Å²) in [6.07, 6.45) is 0.879. The molecular formula is C14H17F2NO2. The second-order valence-electron chi connectivity index (χ2n) is 5.24. The van der Waals surface area contributed by atoms with Crippen molar-refractivity contribution in [1.82, 2.24) is 4.90 Å². The van der Waals surface area contributed by atoms with E-state index < -0.39 is 5.82 Å². The second kappa shape index (κ2) is 5.15. The van der Waals surface area contributed by atoms with Crippen molar-refractivity contribution in [2.75, 3.05) is 33.0 Å². The van der Waals surface area contributed by atoms with E-state index in [9.17, 15) is 8.78 Å². The molecule has 5 heteroatoms. The fourth-order valence-electron chi connectivity index (χ4n) is 2.84. The summed E-state index contributed by atoms with van der Waals surface area (Å²) in [6.45, 7) is 3.65. The molecule has 1 atom stereocenters. The minimum absolute atomic E-state index is 0.170. The first-order valence-electron chi connectivity index (χ1n) is 6.54. The summed E-state index contributed by atoms with van der Waals surface area (Å²) in [5, 5.41) is 0. The highest BCUT2D eigenvalue weighted by Crippen LogP contribution is 2.31. The van der Waals surface area contributed by atoms with E-state index in [1.165, 1.54) is 12.1 Å². The van der Waals surface area contributed by atoms with E-state index in [4.69, 9.17) is 9.47 Å². The zero-order valence-corrected chi connectivity index (χ0v) is 10.7. The molecule has 3 nitrogen and oxygen atoms in total. The first kappa shape index (κ1) is 13.0. The largest absolute Gasteiger partial charge is 0.379 e.